The van der Waals surface area contributed by atoms with Gasteiger partial charge in [0.1, 0.15) is 24.4 Å². The normalized spacial score (nSPS) is 22.4. The van der Waals surface area contributed by atoms with Crippen molar-refractivity contribution in [2.24, 2.45) is 5.92 Å². The Balaban J connectivity index is 1.73. The van der Waals surface area contributed by atoms with Crippen molar-refractivity contribution in [3.05, 3.63) is 29.8 Å². The van der Waals surface area contributed by atoms with Gasteiger partial charge in [-0.3, -0.25) is 24.1 Å². The van der Waals surface area contributed by atoms with Gasteiger partial charge in [-0.25, -0.2) is 0 Å². The molecule has 11 nitrogen and oxygen atoms in total. The van der Waals surface area contributed by atoms with Gasteiger partial charge in [0.15, 0.2) is 0 Å². The second kappa shape index (κ2) is 14.5. The third kappa shape index (κ3) is 9.32. The first-order chi connectivity index (χ1) is 17.8. The summed E-state index contributed by atoms with van der Waals surface area (Å²) in [6, 6.07) is 5.10. The molecule has 4 N–H and O–H groups in total. The van der Waals surface area contributed by atoms with Crippen LogP contribution in [0.25, 0.3) is 0 Å². The fraction of sp³-hybridized carbons (Fsp3) is 0.615. The zero-order chi connectivity index (χ0) is 26.6. The van der Waals surface area contributed by atoms with E-state index in [9.17, 15) is 19.2 Å². The predicted molar refractivity (Wildman–Crippen MR) is 137 cm³/mol. The number of carbonyl (C=O) groups is 4. The Labute approximate surface area is 218 Å². The highest BCUT2D eigenvalue weighted by Gasteiger charge is 2.27. The molecule has 1 fully saturated rings. The van der Waals surface area contributed by atoms with Gasteiger partial charge in [-0.1, -0.05) is 26.0 Å². The number of hydrogen-bond acceptors (Lipinski definition) is 7. The van der Waals surface area contributed by atoms with Crippen LogP contribution in [0.5, 0.6) is 5.75 Å². The minimum absolute atomic E-state index is 0.0259. The summed E-state index contributed by atoms with van der Waals surface area (Å²) in [5, 5.41) is 11.2. The minimum atomic E-state index is -0.932. The molecule has 4 amide bonds. The maximum Gasteiger partial charge on any atom is 0.255 e. The molecule has 37 heavy (non-hydrogen) atoms. The number of carbonyl (C=O) groups excluding carboxylic acids is 4. The van der Waals surface area contributed by atoms with Crippen LogP contribution in [0.15, 0.2) is 24.3 Å². The van der Waals surface area contributed by atoms with E-state index in [2.05, 4.69) is 26.2 Å². The Hall–Kier alpha value is -3.18. The summed E-state index contributed by atoms with van der Waals surface area (Å²) in [4.78, 5) is 53.9. The second-order valence-corrected chi connectivity index (χ2v) is 9.70. The molecule has 2 heterocycles. The van der Waals surface area contributed by atoms with E-state index in [0.717, 1.165) is 13.1 Å². The number of ether oxygens (including phenoxy) is 2. The van der Waals surface area contributed by atoms with Crippen molar-refractivity contribution in [1.82, 2.24) is 26.2 Å². The van der Waals surface area contributed by atoms with Gasteiger partial charge in [0.05, 0.1) is 25.3 Å². The molecule has 11 heteroatoms. The van der Waals surface area contributed by atoms with Gasteiger partial charge in [0, 0.05) is 32.6 Å². The molecule has 2 aliphatic rings. The molecule has 2 aliphatic heterocycles. The lowest BCUT2D eigenvalue weighted by Gasteiger charge is -2.27. The lowest BCUT2D eigenvalue weighted by atomic mass is 10.0. The van der Waals surface area contributed by atoms with Crippen LogP contribution in [0.2, 0.25) is 0 Å². The SMILES string of the molecule is CC(C)C[C@H]1NC(=O)CC[C@@H](C(=O)NCCN2CCOCC2)NC(=O)c2ccccc2OCCNC1=O. The van der Waals surface area contributed by atoms with E-state index >= 15 is 0 Å². The number of amides is 4. The Bertz CT molecular complexity index is 934. The second-order valence-electron chi connectivity index (χ2n) is 9.70. The molecule has 0 aliphatic carbocycles. The highest BCUT2D eigenvalue weighted by atomic mass is 16.5. The summed E-state index contributed by atoms with van der Waals surface area (Å²) in [5.74, 6) is -0.948. The van der Waals surface area contributed by atoms with Crippen molar-refractivity contribution in [3.63, 3.8) is 0 Å². The van der Waals surface area contributed by atoms with Crippen LogP contribution >= 0.6 is 0 Å². The van der Waals surface area contributed by atoms with E-state index in [0.29, 0.717) is 38.5 Å². The van der Waals surface area contributed by atoms with Crippen molar-refractivity contribution in [2.45, 2.75) is 45.2 Å². The zero-order valence-corrected chi connectivity index (χ0v) is 21.7. The van der Waals surface area contributed by atoms with E-state index < -0.39 is 18.0 Å². The van der Waals surface area contributed by atoms with Crippen LogP contribution in [0.1, 0.15) is 43.5 Å². The van der Waals surface area contributed by atoms with Crippen LogP contribution in [0.4, 0.5) is 0 Å². The van der Waals surface area contributed by atoms with E-state index in [1.807, 2.05) is 13.8 Å². The molecular weight excluding hydrogens is 478 g/mol. The number of hydrogen-bond donors (Lipinski definition) is 4. The molecule has 0 unspecified atom stereocenters. The first kappa shape index (κ1) is 28.4. The largest absolute Gasteiger partial charge is 0.491 e. The Morgan fingerprint density at radius 1 is 1.11 bits per heavy atom. The van der Waals surface area contributed by atoms with Crippen LogP contribution in [-0.4, -0.2) is 93.2 Å². The van der Waals surface area contributed by atoms with Gasteiger partial charge >= 0.3 is 0 Å². The lowest BCUT2D eigenvalue weighted by Crippen LogP contribution is -2.50. The smallest absolute Gasteiger partial charge is 0.255 e. The molecule has 0 bridgehead atoms. The molecule has 204 valence electrons. The Kier molecular flexibility index (Phi) is 11.2. The van der Waals surface area contributed by atoms with Crippen molar-refractivity contribution < 1.29 is 28.7 Å². The lowest BCUT2D eigenvalue weighted by molar-refractivity contribution is -0.130. The summed E-state index contributed by atoms with van der Waals surface area (Å²) in [5.41, 5.74) is 0.275. The number of fused-ring (bicyclic) bond motifs is 1. The average Bonchev–Trinajstić information content (AvgIpc) is 2.88. The topological polar surface area (TPSA) is 138 Å². The highest BCUT2D eigenvalue weighted by Crippen LogP contribution is 2.18. The summed E-state index contributed by atoms with van der Waals surface area (Å²) < 4.78 is 11.1. The summed E-state index contributed by atoms with van der Waals surface area (Å²) in [6.45, 7) is 8.32. The molecular formula is C26H39N5O6. The summed E-state index contributed by atoms with van der Waals surface area (Å²) in [6.07, 6.45) is 0.533. The van der Waals surface area contributed by atoms with Gasteiger partial charge in [0.25, 0.3) is 5.91 Å². The number of benzene rings is 1. The number of rotatable bonds is 6. The Morgan fingerprint density at radius 3 is 2.62 bits per heavy atom. The molecule has 0 spiro atoms. The summed E-state index contributed by atoms with van der Waals surface area (Å²) in [7, 11) is 0. The molecule has 0 radical (unpaired) electrons. The molecule has 1 aromatic carbocycles. The van der Waals surface area contributed by atoms with Crippen molar-refractivity contribution in [2.75, 3.05) is 52.5 Å². The average molecular weight is 518 g/mol. The van der Waals surface area contributed by atoms with Gasteiger partial charge in [-0.2, -0.15) is 0 Å². The van der Waals surface area contributed by atoms with Crippen LogP contribution in [0, 0.1) is 5.92 Å². The van der Waals surface area contributed by atoms with Gasteiger partial charge in [-0.05, 0) is 30.9 Å². The highest BCUT2D eigenvalue weighted by molar-refractivity contribution is 5.99. The fourth-order valence-corrected chi connectivity index (χ4v) is 4.27. The van der Waals surface area contributed by atoms with E-state index in [-0.39, 0.29) is 55.2 Å². The van der Waals surface area contributed by atoms with Crippen molar-refractivity contribution in [3.8, 4) is 5.75 Å². The maximum absolute atomic E-state index is 13.1. The maximum atomic E-state index is 13.1. The third-order valence-corrected chi connectivity index (χ3v) is 6.26. The van der Waals surface area contributed by atoms with Gasteiger partial charge < -0.3 is 30.7 Å². The molecule has 3 rings (SSSR count). The fourth-order valence-electron chi connectivity index (χ4n) is 4.27. The van der Waals surface area contributed by atoms with Gasteiger partial charge in [0.2, 0.25) is 17.7 Å². The third-order valence-electron chi connectivity index (χ3n) is 6.26. The first-order valence-electron chi connectivity index (χ1n) is 13.0. The Morgan fingerprint density at radius 2 is 1.86 bits per heavy atom. The minimum Gasteiger partial charge on any atom is -0.491 e. The predicted octanol–water partition coefficient (Wildman–Crippen LogP) is 0.0531. The van der Waals surface area contributed by atoms with E-state index in [1.165, 1.54) is 0 Å². The number of para-hydroxylation sites is 1. The first-order valence-corrected chi connectivity index (χ1v) is 13.0. The summed E-state index contributed by atoms with van der Waals surface area (Å²) >= 11 is 0. The van der Waals surface area contributed by atoms with Gasteiger partial charge in [-0.15, -0.1) is 0 Å². The quantitative estimate of drug-likeness (QED) is 0.418. The zero-order valence-electron chi connectivity index (χ0n) is 21.7. The molecule has 0 saturated carbocycles. The molecule has 1 aromatic rings. The monoisotopic (exact) mass is 517 g/mol. The van der Waals surface area contributed by atoms with E-state index in [4.69, 9.17) is 9.47 Å². The van der Waals surface area contributed by atoms with Crippen molar-refractivity contribution in [1.29, 1.82) is 0 Å². The van der Waals surface area contributed by atoms with Crippen molar-refractivity contribution >= 4 is 23.6 Å². The van der Waals surface area contributed by atoms with Crippen LogP contribution in [0.3, 0.4) is 0 Å². The molecule has 0 aromatic heterocycles. The molecule has 2 atom stereocenters. The number of morpholine rings is 1. The molecule has 1 saturated heterocycles. The number of nitrogens with one attached hydrogen (secondary N) is 4. The van der Waals surface area contributed by atoms with E-state index in [1.54, 1.807) is 24.3 Å². The standard InChI is InChI=1S/C26H39N5O6/c1-18(2)17-21-26(35)28-10-14-37-22-6-4-3-5-19(22)24(33)30-20(7-8-23(32)29-21)25(34)27-9-11-31-12-15-36-16-13-31/h3-6,18,20-21H,7-17H2,1-2H3,(H,27,34)(H,28,35)(H,29,32)(H,30,33)/t20-,21+/m0/s1. The van der Waals surface area contributed by atoms with Crippen LogP contribution in [-0.2, 0) is 19.1 Å². The number of nitrogens with zero attached hydrogens (tertiary/aromatic N) is 1. The van der Waals surface area contributed by atoms with Crippen LogP contribution < -0.4 is 26.0 Å².